The van der Waals surface area contributed by atoms with Crippen LogP contribution >= 0.6 is 0 Å². The summed E-state index contributed by atoms with van der Waals surface area (Å²) in [7, 11) is 1.22. The van der Waals surface area contributed by atoms with Crippen molar-refractivity contribution in [2.75, 3.05) is 12.8 Å². The number of pyridine rings is 1. The van der Waals surface area contributed by atoms with Crippen LogP contribution in [0, 0.1) is 5.82 Å². The maximum absolute atomic E-state index is 13.8. The molecule has 0 saturated carbocycles. The molecule has 0 radical (unpaired) electrons. The summed E-state index contributed by atoms with van der Waals surface area (Å²) in [6, 6.07) is 4.46. The molecule has 0 unspecified atom stereocenters. The van der Waals surface area contributed by atoms with Crippen molar-refractivity contribution in [3.8, 4) is 0 Å². The van der Waals surface area contributed by atoms with Gasteiger partial charge in [-0.3, -0.25) is 0 Å². The van der Waals surface area contributed by atoms with Crippen LogP contribution in [0.25, 0.3) is 10.9 Å². The minimum Gasteiger partial charge on any atom is -0.465 e. The first-order chi connectivity index (χ1) is 8.93. The Morgan fingerprint density at radius 3 is 2.63 bits per heavy atom. The second kappa shape index (κ2) is 4.84. The number of carbonyl (C=O) groups is 1. The number of aromatic nitrogens is 1. The summed E-state index contributed by atoms with van der Waals surface area (Å²) in [5.41, 5.74) is 7.03. The summed E-state index contributed by atoms with van der Waals surface area (Å²) in [4.78, 5) is 15.6. The molecule has 2 aromatic rings. The zero-order valence-corrected chi connectivity index (χ0v) is 11.0. The number of nitrogen functional groups attached to an aromatic ring is 1. The zero-order chi connectivity index (χ0) is 14.2. The minimum absolute atomic E-state index is 0.101. The molecule has 0 amide bonds. The highest BCUT2D eigenvalue weighted by molar-refractivity contribution is 5.95. The minimum atomic E-state index is -0.706. The van der Waals surface area contributed by atoms with Crippen molar-refractivity contribution in [2.24, 2.45) is 0 Å². The van der Waals surface area contributed by atoms with E-state index >= 15 is 0 Å². The monoisotopic (exact) mass is 262 g/mol. The largest absolute Gasteiger partial charge is 0.465 e. The van der Waals surface area contributed by atoms with Crippen LogP contribution in [-0.4, -0.2) is 18.1 Å². The van der Waals surface area contributed by atoms with Crippen molar-refractivity contribution < 1.29 is 13.9 Å². The average Bonchev–Trinajstić information content (AvgIpc) is 2.36. The summed E-state index contributed by atoms with van der Waals surface area (Å²) in [5.74, 6) is -0.790. The zero-order valence-electron chi connectivity index (χ0n) is 11.0. The smallest absolute Gasteiger partial charge is 0.340 e. The van der Waals surface area contributed by atoms with Gasteiger partial charge in [0.25, 0.3) is 0 Å². The second-order valence-corrected chi connectivity index (χ2v) is 4.63. The Hall–Kier alpha value is -2.17. The number of hydrogen-bond donors (Lipinski definition) is 1. The van der Waals surface area contributed by atoms with Crippen molar-refractivity contribution in [1.82, 2.24) is 4.98 Å². The lowest BCUT2D eigenvalue weighted by Gasteiger charge is -2.11. The molecule has 1 aromatic heterocycles. The average molecular weight is 262 g/mol. The van der Waals surface area contributed by atoms with E-state index in [4.69, 9.17) is 5.73 Å². The lowest BCUT2D eigenvalue weighted by atomic mass is 10.0. The Morgan fingerprint density at radius 2 is 2.05 bits per heavy atom. The summed E-state index contributed by atoms with van der Waals surface area (Å²) in [6.07, 6.45) is 0. The molecule has 4 nitrogen and oxygen atoms in total. The number of hydrogen-bond acceptors (Lipinski definition) is 4. The Kier molecular flexibility index (Phi) is 3.38. The highest BCUT2D eigenvalue weighted by Gasteiger charge is 2.15. The van der Waals surface area contributed by atoms with E-state index in [0.717, 1.165) is 5.56 Å². The van der Waals surface area contributed by atoms with Crippen LogP contribution in [0.15, 0.2) is 18.2 Å². The van der Waals surface area contributed by atoms with Gasteiger partial charge in [0.2, 0.25) is 0 Å². The van der Waals surface area contributed by atoms with E-state index in [0.29, 0.717) is 16.7 Å². The molecule has 5 heteroatoms. The highest BCUT2D eigenvalue weighted by atomic mass is 19.1. The molecule has 0 aliphatic carbocycles. The molecule has 0 atom stereocenters. The Bertz CT molecular complexity index is 653. The normalized spacial score (nSPS) is 11.0. The first-order valence-electron chi connectivity index (χ1n) is 5.92. The summed E-state index contributed by atoms with van der Waals surface area (Å²) < 4.78 is 18.3. The number of methoxy groups -OCH3 is 1. The summed E-state index contributed by atoms with van der Waals surface area (Å²) in [5, 5.41) is 0.666. The van der Waals surface area contributed by atoms with E-state index in [1.807, 2.05) is 19.9 Å². The van der Waals surface area contributed by atoms with Crippen molar-refractivity contribution in [2.45, 2.75) is 19.8 Å². The van der Waals surface area contributed by atoms with Crippen LogP contribution in [0.1, 0.15) is 35.7 Å². The summed E-state index contributed by atoms with van der Waals surface area (Å²) >= 11 is 0. The number of rotatable bonds is 2. The van der Waals surface area contributed by atoms with Gasteiger partial charge in [0.05, 0.1) is 18.2 Å². The number of esters is 1. The third-order valence-corrected chi connectivity index (χ3v) is 2.99. The second-order valence-electron chi connectivity index (χ2n) is 4.63. The quantitative estimate of drug-likeness (QED) is 0.845. The number of fused-ring (bicyclic) bond motifs is 1. The van der Waals surface area contributed by atoms with Crippen molar-refractivity contribution in [3.63, 3.8) is 0 Å². The molecule has 0 spiro atoms. The molecule has 0 bridgehead atoms. The maximum Gasteiger partial charge on any atom is 0.340 e. The van der Waals surface area contributed by atoms with Gasteiger partial charge in [-0.2, -0.15) is 0 Å². The maximum atomic E-state index is 13.8. The van der Waals surface area contributed by atoms with Gasteiger partial charge in [-0.25, -0.2) is 14.2 Å². The molecule has 1 heterocycles. The molecule has 1 aromatic carbocycles. The summed E-state index contributed by atoms with van der Waals surface area (Å²) in [6.45, 7) is 3.98. The number of halogens is 1. The predicted molar refractivity (Wildman–Crippen MR) is 71.5 cm³/mol. The SMILES string of the molecule is COC(=O)c1cc2cc(C(C)C)c(N)nc2cc1F. The Labute approximate surface area is 110 Å². The standard InChI is InChI=1S/C14H15FN2O2/c1-7(2)9-4-8-5-10(14(18)19-3)11(15)6-12(8)17-13(9)16/h4-7H,1-3H3,(H2,16,17). The molecule has 19 heavy (non-hydrogen) atoms. The van der Waals surface area contributed by atoms with E-state index in [-0.39, 0.29) is 11.5 Å². The first-order valence-corrected chi connectivity index (χ1v) is 5.92. The number of ether oxygens (including phenoxy) is 1. The van der Waals surface area contributed by atoms with Crippen LogP contribution in [0.4, 0.5) is 10.2 Å². The fourth-order valence-corrected chi connectivity index (χ4v) is 1.96. The van der Waals surface area contributed by atoms with Crippen LogP contribution in [0.5, 0.6) is 0 Å². The third kappa shape index (κ3) is 2.36. The van der Waals surface area contributed by atoms with Gasteiger partial charge < -0.3 is 10.5 Å². The Balaban J connectivity index is 2.70. The molecular formula is C14H15FN2O2. The number of carbonyl (C=O) groups excluding carboxylic acids is 1. The van der Waals surface area contributed by atoms with Crippen molar-refractivity contribution in [3.05, 3.63) is 35.1 Å². The van der Waals surface area contributed by atoms with Gasteiger partial charge in [0.15, 0.2) is 0 Å². The molecule has 0 aliphatic rings. The van der Waals surface area contributed by atoms with Gasteiger partial charge >= 0.3 is 5.97 Å². The van der Waals surface area contributed by atoms with Crippen LogP contribution < -0.4 is 5.73 Å². The van der Waals surface area contributed by atoms with Crippen LogP contribution in [0.3, 0.4) is 0 Å². The molecule has 0 fully saturated rings. The van der Waals surface area contributed by atoms with Crippen LogP contribution in [0.2, 0.25) is 0 Å². The fourth-order valence-electron chi connectivity index (χ4n) is 1.96. The van der Waals surface area contributed by atoms with Crippen LogP contribution in [-0.2, 0) is 4.74 Å². The van der Waals surface area contributed by atoms with Crippen molar-refractivity contribution >= 4 is 22.7 Å². The Morgan fingerprint density at radius 1 is 1.37 bits per heavy atom. The van der Waals surface area contributed by atoms with Gasteiger partial charge in [-0.1, -0.05) is 13.8 Å². The van der Waals surface area contributed by atoms with E-state index in [1.54, 1.807) is 0 Å². The molecule has 2 N–H and O–H groups in total. The molecule has 0 aliphatic heterocycles. The number of nitrogens with two attached hydrogens (primary N) is 1. The van der Waals surface area contributed by atoms with E-state index in [9.17, 15) is 9.18 Å². The first kappa shape index (κ1) is 13.3. The predicted octanol–water partition coefficient (Wildman–Crippen LogP) is 2.87. The highest BCUT2D eigenvalue weighted by Crippen LogP contribution is 2.26. The van der Waals surface area contributed by atoms with E-state index < -0.39 is 11.8 Å². The van der Waals surface area contributed by atoms with Gasteiger partial charge in [-0.05, 0) is 23.6 Å². The van der Waals surface area contributed by atoms with E-state index in [1.165, 1.54) is 19.2 Å². The number of benzene rings is 1. The lowest BCUT2D eigenvalue weighted by molar-refractivity contribution is 0.0596. The molecule has 0 saturated heterocycles. The molecule has 100 valence electrons. The topological polar surface area (TPSA) is 65.2 Å². The molecular weight excluding hydrogens is 247 g/mol. The third-order valence-electron chi connectivity index (χ3n) is 2.99. The number of nitrogens with zero attached hydrogens (tertiary/aromatic N) is 1. The van der Waals surface area contributed by atoms with Gasteiger partial charge in [0.1, 0.15) is 11.6 Å². The van der Waals surface area contributed by atoms with E-state index in [2.05, 4.69) is 9.72 Å². The molecule has 2 rings (SSSR count). The van der Waals surface area contributed by atoms with Crippen molar-refractivity contribution in [1.29, 1.82) is 0 Å². The number of anilines is 1. The van der Waals surface area contributed by atoms with Gasteiger partial charge in [0, 0.05) is 11.5 Å². The van der Waals surface area contributed by atoms with Gasteiger partial charge in [-0.15, -0.1) is 0 Å². The fraction of sp³-hybridized carbons (Fsp3) is 0.286. The lowest BCUT2D eigenvalue weighted by Crippen LogP contribution is -2.06.